The highest BCUT2D eigenvalue weighted by Crippen LogP contribution is 2.35. The lowest BCUT2D eigenvalue weighted by Crippen LogP contribution is -2.05. The molecule has 0 atom stereocenters. The average molecular weight is 163 g/mol. The van der Waals surface area contributed by atoms with Crippen LogP contribution in [-0.4, -0.2) is 5.88 Å². The quantitative estimate of drug-likeness (QED) is 0.631. The summed E-state index contributed by atoms with van der Waals surface area (Å²) in [6.45, 7) is 3.98. The van der Waals surface area contributed by atoms with E-state index in [2.05, 4.69) is 24.0 Å². The van der Waals surface area contributed by atoms with Gasteiger partial charge >= 0.3 is 0 Å². The second-order valence-corrected chi connectivity index (χ2v) is 3.50. The van der Waals surface area contributed by atoms with E-state index in [0.29, 0.717) is 0 Å². The highest BCUT2D eigenvalue weighted by Gasteiger charge is 2.09. The molecule has 0 radical (unpaired) electrons. The van der Waals surface area contributed by atoms with Crippen LogP contribution in [0.25, 0.3) is 4.91 Å². The Kier molecular flexibility index (Phi) is 1.62. The van der Waals surface area contributed by atoms with Gasteiger partial charge in [-0.1, -0.05) is 24.8 Å². The molecule has 0 aromatic heterocycles. The summed E-state index contributed by atoms with van der Waals surface area (Å²) in [4.78, 5) is 1.17. The smallest absolute Gasteiger partial charge is 0.0657 e. The summed E-state index contributed by atoms with van der Waals surface area (Å²) in [5.74, 6) is 0.940. The largest absolute Gasteiger partial charge is 0.375 e. The Labute approximate surface area is 70.5 Å². The van der Waals surface area contributed by atoms with Crippen LogP contribution in [0.15, 0.2) is 30.8 Å². The van der Waals surface area contributed by atoms with E-state index in [0.717, 1.165) is 5.88 Å². The van der Waals surface area contributed by atoms with Gasteiger partial charge in [-0.2, -0.15) is 0 Å². The molecule has 2 rings (SSSR count). The van der Waals surface area contributed by atoms with Gasteiger partial charge in [0.1, 0.15) is 0 Å². The van der Waals surface area contributed by atoms with Crippen molar-refractivity contribution >= 4 is 22.4 Å². The SMILES string of the molecule is C=C1SCNc2ccccc21. The Balaban J connectivity index is 2.52. The number of para-hydroxylation sites is 1. The third-order valence-corrected chi connectivity index (χ3v) is 2.59. The number of hydrogen-bond acceptors (Lipinski definition) is 2. The number of fused-ring (bicyclic) bond motifs is 1. The molecule has 0 saturated heterocycles. The molecule has 1 aliphatic rings. The van der Waals surface area contributed by atoms with E-state index in [4.69, 9.17) is 0 Å². The molecule has 1 heterocycles. The van der Waals surface area contributed by atoms with Crippen molar-refractivity contribution in [2.24, 2.45) is 0 Å². The van der Waals surface area contributed by atoms with Crippen LogP contribution in [0.5, 0.6) is 0 Å². The maximum Gasteiger partial charge on any atom is 0.0657 e. The first-order chi connectivity index (χ1) is 5.38. The summed E-state index contributed by atoms with van der Waals surface area (Å²) in [5, 5.41) is 3.30. The van der Waals surface area contributed by atoms with Crippen LogP contribution in [0.1, 0.15) is 5.56 Å². The zero-order valence-electron chi connectivity index (χ0n) is 6.13. The lowest BCUT2D eigenvalue weighted by Gasteiger charge is -2.18. The van der Waals surface area contributed by atoms with Crippen LogP contribution in [0.4, 0.5) is 5.69 Å². The van der Waals surface area contributed by atoms with Crippen molar-refractivity contribution in [3.63, 3.8) is 0 Å². The molecule has 0 unspecified atom stereocenters. The number of hydrogen-bond donors (Lipinski definition) is 1. The summed E-state index contributed by atoms with van der Waals surface area (Å²) >= 11 is 1.76. The first-order valence-corrected chi connectivity index (χ1v) is 4.51. The Hall–Kier alpha value is -0.890. The molecule has 0 saturated carbocycles. The van der Waals surface area contributed by atoms with Crippen molar-refractivity contribution < 1.29 is 0 Å². The molecule has 0 bridgehead atoms. The molecule has 2 heteroatoms. The number of anilines is 1. The number of nitrogens with one attached hydrogen (secondary N) is 1. The number of thioether (sulfide) groups is 1. The summed E-state index contributed by atoms with van der Waals surface area (Å²) in [6.07, 6.45) is 0. The molecule has 1 N–H and O–H groups in total. The van der Waals surface area contributed by atoms with Gasteiger partial charge in [-0.15, -0.1) is 11.8 Å². The molecule has 0 spiro atoms. The van der Waals surface area contributed by atoms with Gasteiger partial charge in [0.25, 0.3) is 0 Å². The predicted octanol–water partition coefficient (Wildman–Crippen LogP) is 2.77. The van der Waals surface area contributed by atoms with Crippen LogP contribution in [0, 0.1) is 0 Å². The van der Waals surface area contributed by atoms with Crippen molar-refractivity contribution in [3.8, 4) is 0 Å². The van der Waals surface area contributed by atoms with E-state index in [9.17, 15) is 0 Å². The molecule has 0 amide bonds. The second kappa shape index (κ2) is 2.62. The van der Waals surface area contributed by atoms with Crippen molar-refractivity contribution in [3.05, 3.63) is 36.4 Å². The number of rotatable bonds is 0. The maximum atomic E-state index is 3.98. The third kappa shape index (κ3) is 1.14. The summed E-state index contributed by atoms with van der Waals surface area (Å²) in [6, 6.07) is 8.25. The first-order valence-electron chi connectivity index (χ1n) is 3.53. The Bertz CT molecular complexity index is 293. The molecule has 56 valence electrons. The monoisotopic (exact) mass is 163 g/mol. The summed E-state index contributed by atoms with van der Waals surface area (Å²) in [7, 11) is 0. The molecule has 1 aromatic rings. The Morgan fingerprint density at radius 1 is 1.36 bits per heavy atom. The van der Waals surface area contributed by atoms with E-state index >= 15 is 0 Å². The van der Waals surface area contributed by atoms with E-state index in [-0.39, 0.29) is 0 Å². The van der Waals surface area contributed by atoms with Gasteiger partial charge in [-0.3, -0.25) is 0 Å². The fraction of sp³-hybridized carbons (Fsp3) is 0.111. The molecule has 0 fully saturated rings. The van der Waals surface area contributed by atoms with Crippen molar-refractivity contribution in [1.82, 2.24) is 0 Å². The predicted molar refractivity (Wildman–Crippen MR) is 51.6 cm³/mol. The number of benzene rings is 1. The second-order valence-electron chi connectivity index (χ2n) is 2.43. The maximum absolute atomic E-state index is 3.98. The highest BCUT2D eigenvalue weighted by atomic mass is 32.2. The fourth-order valence-corrected chi connectivity index (χ4v) is 1.89. The zero-order valence-corrected chi connectivity index (χ0v) is 6.95. The van der Waals surface area contributed by atoms with Crippen LogP contribution in [0.3, 0.4) is 0 Å². The van der Waals surface area contributed by atoms with Gasteiger partial charge in [0.2, 0.25) is 0 Å². The summed E-state index contributed by atoms with van der Waals surface area (Å²) < 4.78 is 0. The minimum Gasteiger partial charge on any atom is -0.375 e. The molecular weight excluding hydrogens is 154 g/mol. The first kappa shape index (κ1) is 6.80. The van der Waals surface area contributed by atoms with Crippen molar-refractivity contribution in [2.45, 2.75) is 0 Å². The minimum atomic E-state index is 0.940. The van der Waals surface area contributed by atoms with Crippen molar-refractivity contribution in [1.29, 1.82) is 0 Å². The van der Waals surface area contributed by atoms with Gasteiger partial charge < -0.3 is 5.32 Å². The van der Waals surface area contributed by atoms with E-state index in [1.54, 1.807) is 11.8 Å². The van der Waals surface area contributed by atoms with Crippen LogP contribution in [0.2, 0.25) is 0 Å². The van der Waals surface area contributed by atoms with Gasteiger partial charge in [-0.25, -0.2) is 0 Å². The van der Waals surface area contributed by atoms with Crippen LogP contribution in [-0.2, 0) is 0 Å². The van der Waals surface area contributed by atoms with Gasteiger partial charge in [0.05, 0.1) is 5.88 Å². The Morgan fingerprint density at radius 3 is 3.00 bits per heavy atom. The molecule has 11 heavy (non-hydrogen) atoms. The lowest BCUT2D eigenvalue weighted by molar-refractivity contribution is 1.43. The molecular formula is C9H9NS. The summed E-state index contributed by atoms with van der Waals surface area (Å²) in [5.41, 5.74) is 2.44. The average Bonchev–Trinajstić information content (AvgIpc) is 2.06. The zero-order chi connectivity index (χ0) is 7.68. The lowest BCUT2D eigenvalue weighted by atomic mass is 10.2. The van der Waals surface area contributed by atoms with E-state index in [1.165, 1.54) is 16.2 Å². The van der Waals surface area contributed by atoms with Crippen LogP contribution < -0.4 is 5.32 Å². The van der Waals surface area contributed by atoms with Gasteiger partial charge in [0.15, 0.2) is 0 Å². The topological polar surface area (TPSA) is 12.0 Å². The van der Waals surface area contributed by atoms with E-state index < -0.39 is 0 Å². The van der Waals surface area contributed by atoms with Gasteiger partial charge in [-0.05, 0) is 6.07 Å². The minimum absolute atomic E-state index is 0.940. The molecule has 1 aliphatic heterocycles. The normalized spacial score (nSPS) is 15.5. The van der Waals surface area contributed by atoms with Crippen molar-refractivity contribution in [2.75, 3.05) is 11.2 Å². The Morgan fingerprint density at radius 2 is 2.18 bits per heavy atom. The molecule has 1 nitrogen and oxygen atoms in total. The molecule has 0 aliphatic carbocycles. The van der Waals surface area contributed by atoms with E-state index in [1.807, 2.05) is 12.1 Å². The van der Waals surface area contributed by atoms with Crippen LogP contribution >= 0.6 is 11.8 Å². The van der Waals surface area contributed by atoms with Gasteiger partial charge in [0, 0.05) is 16.2 Å². The highest BCUT2D eigenvalue weighted by molar-refractivity contribution is 8.08. The third-order valence-electron chi connectivity index (χ3n) is 1.74. The molecule has 1 aromatic carbocycles. The fourth-order valence-electron chi connectivity index (χ4n) is 1.16. The standard InChI is InChI=1S/C9H9NS/c1-7-8-4-2-3-5-9(8)10-6-11-7/h2-5,10H,1,6H2.